The van der Waals surface area contributed by atoms with E-state index in [1.54, 1.807) is 6.07 Å². The fourth-order valence-corrected chi connectivity index (χ4v) is 3.56. The largest absolute Gasteiger partial charge is 0.416 e. The fraction of sp³-hybridized carbons (Fsp3) is 0.450. The van der Waals surface area contributed by atoms with Gasteiger partial charge in [0.25, 0.3) is 5.91 Å². The summed E-state index contributed by atoms with van der Waals surface area (Å²) < 4.78 is 38.5. The third kappa shape index (κ3) is 4.48. The molecule has 0 radical (unpaired) electrons. The van der Waals surface area contributed by atoms with Crippen molar-refractivity contribution in [3.63, 3.8) is 0 Å². The van der Waals surface area contributed by atoms with Crippen LogP contribution >= 0.6 is 0 Å². The Morgan fingerprint density at radius 2 is 2.12 bits per heavy atom. The number of aromatic nitrogens is 1. The Morgan fingerprint density at radius 1 is 1.31 bits per heavy atom. The molecule has 1 saturated heterocycles. The highest BCUT2D eigenvalue weighted by atomic mass is 19.4. The van der Waals surface area contributed by atoms with Crippen molar-refractivity contribution < 1.29 is 18.0 Å². The molecule has 1 amide bonds. The van der Waals surface area contributed by atoms with Gasteiger partial charge in [0.2, 0.25) is 0 Å². The molecule has 26 heavy (non-hydrogen) atoms. The third-order valence-corrected chi connectivity index (χ3v) is 4.96. The van der Waals surface area contributed by atoms with Gasteiger partial charge in [-0.3, -0.25) is 4.79 Å². The third-order valence-electron chi connectivity index (χ3n) is 4.96. The SMILES string of the molecule is Cc1c[nH]c(C(=O)N2CCC[C@@H](CCc3cccc(C(F)(F)F)c3)C2)c1. The normalized spacial score (nSPS) is 18.2. The van der Waals surface area contributed by atoms with Gasteiger partial charge in [-0.15, -0.1) is 0 Å². The number of nitrogens with one attached hydrogen (secondary N) is 1. The summed E-state index contributed by atoms with van der Waals surface area (Å²) in [4.78, 5) is 17.4. The number of nitrogens with zero attached hydrogens (tertiary/aromatic N) is 1. The van der Waals surface area contributed by atoms with Crippen LogP contribution in [0.3, 0.4) is 0 Å². The molecule has 140 valence electrons. The average Bonchev–Trinajstić information content (AvgIpc) is 3.05. The van der Waals surface area contributed by atoms with E-state index in [1.165, 1.54) is 12.1 Å². The van der Waals surface area contributed by atoms with Crippen LogP contribution in [0.4, 0.5) is 13.2 Å². The molecule has 6 heteroatoms. The van der Waals surface area contributed by atoms with Gasteiger partial charge in [-0.05, 0) is 61.8 Å². The fourth-order valence-electron chi connectivity index (χ4n) is 3.56. The van der Waals surface area contributed by atoms with Crippen LogP contribution in [0.15, 0.2) is 36.5 Å². The highest BCUT2D eigenvalue weighted by Gasteiger charge is 2.30. The molecular formula is C20H23F3N2O. The number of aryl methyl sites for hydroxylation is 2. The predicted octanol–water partition coefficient (Wildman–Crippen LogP) is 4.83. The zero-order valence-corrected chi connectivity index (χ0v) is 14.8. The molecule has 0 unspecified atom stereocenters. The topological polar surface area (TPSA) is 36.1 Å². The Labute approximate surface area is 151 Å². The van der Waals surface area contributed by atoms with Crippen molar-refractivity contribution >= 4 is 5.91 Å². The second-order valence-electron chi connectivity index (χ2n) is 7.09. The van der Waals surface area contributed by atoms with Gasteiger partial charge in [-0.1, -0.05) is 18.2 Å². The molecule has 1 aromatic heterocycles. The number of amides is 1. The minimum atomic E-state index is -4.31. The number of halogens is 3. The molecular weight excluding hydrogens is 341 g/mol. The van der Waals surface area contributed by atoms with Crippen LogP contribution in [0.2, 0.25) is 0 Å². The molecule has 1 aliphatic heterocycles. The van der Waals surface area contributed by atoms with Gasteiger partial charge in [0.1, 0.15) is 5.69 Å². The van der Waals surface area contributed by atoms with Crippen molar-refractivity contribution in [3.05, 3.63) is 58.9 Å². The van der Waals surface area contributed by atoms with Crippen molar-refractivity contribution in [1.82, 2.24) is 9.88 Å². The Bertz CT molecular complexity index is 766. The Kier molecular flexibility index (Phi) is 5.39. The zero-order chi connectivity index (χ0) is 18.7. The Hall–Kier alpha value is -2.24. The lowest BCUT2D eigenvalue weighted by atomic mass is 9.91. The quantitative estimate of drug-likeness (QED) is 0.829. The number of carbonyl (C=O) groups is 1. The molecule has 0 spiro atoms. The molecule has 0 aliphatic carbocycles. The number of likely N-dealkylation sites (tertiary alicyclic amines) is 1. The van der Waals surface area contributed by atoms with E-state index in [-0.39, 0.29) is 5.91 Å². The van der Waals surface area contributed by atoms with Gasteiger partial charge in [0.05, 0.1) is 5.56 Å². The molecule has 0 bridgehead atoms. The second-order valence-corrected chi connectivity index (χ2v) is 7.09. The number of hydrogen-bond donors (Lipinski definition) is 1. The minimum absolute atomic E-state index is 0.00173. The molecule has 1 aromatic carbocycles. The van der Waals surface area contributed by atoms with E-state index in [9.17, 15) is 18.0 Å². The number of alkyl halides is 3. The van der Waals surface area contributed by atoms with Crippen LogP contribution in [0.25, 0.3) is 0 Å². The average molecular weight is 364 g/mol. The van der Waals surface area contributed by atoms with E-state index < -0.39 is 11.7 Å². The number of aromatic amines is 1. The standard InChI is InChI=1S/C20H23F3N2O/c1-14-10-18(24-12-14)19(26)25-9-3-5-16(13-25)8-7-15-4-2-6-17(11-15)20(21,22)23/h2,4,6,10-12,16,24H,3,5,7-9,13H2,1H3/t16-/m0/s1. The first-order valence-corrected chi connectivity index (χ1v) is 8.93. The summed E-state index contributed by atoms with van der Waals surface area (Å²) in [6.07, 6.45) is 0.818. The van der Waals surface area contributed by atoms with E-state index in [4.69, 9.17) is 0 Å². The summed E-state index contributed by atoms with van der Waals surface area (Å²) in [6.45, 7) is 3.33. The van der Waals surface area contributed by atoms with Gasteiger partial charge < -0.3 is 9.88 Å². The lowest BCUT2D eigenvalue weighted by molar-refractivity contribution is -0.137. The first kappa shape index (κ1) is 18.5. The van der Waals surface area contributed by atoms with Crippen LogP contribution < -0.4 is 0 Å². The molecule has 1 fully saturated rings. The number of piperidine rings is 1. The second kappa shape index (κ2) is 7.56. The van der Waals surface area contributed by atoms with Gasteiger partial charge in [0, 0.05) is 19.3 Å². The van der Waals surface area contributed by atoms with E-state index in [0.29, 0.717) is 30.1 Å². The number of rotatable bonds is 4. The Morgan fingerprint density at radius 3 is 2.81 bits per heavy atom. The van der Waals surface area contributed by atoms with Crippen molar-refractivity contribution in [1.29, 1.82) is 0 Å². The van der Waals surface area contributed by atoms with Crippen molar-refractivity contribution in [3.8, 4) is 0 Å². The zero-order valence-electron chi connectivity index (χ0n) is 14.8. The maximum Gasteiger partial charge on any atom is 0.416 e. The number of hydrogen-bond acceptors (Lipinski definition) is 1. The number of H-pyrrole nitrogens is 1. The van der Waals surface area contributed by atoms with Crippen LogP contribution in [0.1, 0.15) is 46.4 Å². The first-order valence-electron chi connectivity index (χ1n) is 8.93. The van der Waals surface area contributed by atoms with Gasteiger partial charge in [0.15, 0.2) is 0 Å². The Balaban J connectivity index is 1.58. The summed E-state index contributed by atoms with van der Waals surface area (Å²) in [5.41, 5.74) is 1.72. The first-order chi connectivity index (χ1) is 12.3. The molecule has 2 aromatic rings. The summed E-state index contributed by atoms with van der Waals surface area (Å²) >= 11 is 0. The van der Waals surface area contributed by atoms with E-state index in [0.717, 1.165) is 37.4 Å². The van der Waals surface area contributed by atoms with E-state index >= 15 is 0 Å². The molecule has 0 saturated carbocycles. The van der Waals surface area contributed by atoms with Gasteiger partial charge >= 0.3 is 6.18 Å². The van der Waals surface area contributed by atoms with Crippen LogP contribution in [-0.4, -0.2) is 28.9 Å². The number of carbonyl (C=O) groups excluding carboxylic acids is 1. The van der Waals surface area contributed by atoms with Crippen molar-refractivity contribution in [2.24, 2.45) is 5.92 Å². The molecule has 3 rings (SSSR count). The van der Waals surface area contributed by atoms with Gasteiger partial charge in [-0.25, -0.2) is 0 Å². The maximum absolute atomic E-state index is 12.8. The summed E-state index contributed by atoms with van der Waals surface area (Å²) in [5, 5.41) is 0. The minimum Gasteiger partial charge on any atom is -0.357 e. The summed E-state index contributed by atoms with van der Waals surface area (Å²) in [6, 6.07) is 7.37. The number of benzene rings is 1. The monoisotopic (exact) mass is 364 g/mol. The summed E-state index contributed by atoms with van der Waals surface area (Å²) in [5.74, 6) is 0.320. The highest BCUT2D eigenvalue weighted by molar-refractivity contribution is 5.92. The van der Waals surface area contributed by atoms with E-state index in [2.05, 4.69) is 4.98 Å². The predicted molar refractivity (Wildman–Crippen MR) is 93.9 cm³/mol. The molecule has 2 heterocycles. The van der Waals surface area contributed by atoms with Crippen LogP contribution in [0, 0.1) is 12.8 Å². The summed E-state index contributed by atoms with van der Waals surface area (Å²) in [7, 11) is 0. The van der Waals surface area contributed by atoms with Crippen LogP contribution in [0.5, 0.6) is 0 Å². The smallest absolute Gasteiger partial charge is 0.357 e. The molecule has 3 nitrogen and oxygen atoms in total. The molecule has 1 N–H and O–H groups in total. The van der Waals surface area contributed by atoms with Crippen molar-refractivity contribution in [2.75, 3.05) is 13.1 Å². The van der Waals surface area contributed by atoms with Crippen LogP contribution in [-0.2, 0) is 12.6 Å². The lowest BCUT2D eigenvalue weighted by Gasteiger charge is -2.32. The highest BCUT2D eigenvalue weighted by Crippen LogP contribution is 2.30. The van der Waals surface area contributed by atoms with E-state index in [1.807, 2.05) is 24.1 Å². The molecule has 1 atom stereocenters. The molecule has 1 aliphatic rings. The van der Waals surface area contributed by atoms with Crippen molar-refractivity contribution in [2.45, 2.75) is 38.8 Å². The van der Waals surface area contributed by atoms with Gasteiger partial charge in [-0.2, -0.15) is 13.2 Å². The lowest BCUT2D eigenvalue weighted by Crippen LogP contribution is -2.40. The maximum atomic E-state index is 12.8.